The first-order valence-corrected chi connectivity index (χ1v) is 7.53. The van der Waals surface area contributed by atoms with E-state index in [-0.39, 0.29) is 23.5 Å². The van der Waals surface area contributed by atoms with E-state index >= 15 is 0 Å². The van der Waals surface area contributed by atoms with E-state index < -0.39 is 4.92 Å². The Morgan fingerprint density at radius 1 is 1.36 bits per heavy atom. The zero-order valence-electron chi connectivity index (χ0n) is 13.4. The predicted octanol–water partition coefficient (Wildman–Crippen LogP) is 3.40. The second-order valence-electron chi connectivity index (χ2n) is 5.58. The number of aliphatic hydroxyl groups is 1. The summed E-state index contributed by atoms with van der Waals surface area (Å²) in [7, 11) is 0. The SMILES string of the molecule is CCC(CC)(CCO)CNc1ccc(C(C)=O)cc1[N+](=O)[O-]. The number of carbonyl (C=O) groups is 1. The fourth-order valence-corrected chi connectivity index (χ4v) is 2.51. The van der Waals surface area contributed by atoms with Gasteiger partial charge in [0.05, 0.1) is 4.92 Å². The fourth-order valence-electron chi connectivity index (χ4n) is 2.51. The van der Waals surface area contributed by atoms with Gasteiger partial charge >= 0.3 is 0 Å². The lowest BCUT2D eigenvalue weighted by Crippen LogP contribution is -2.30. The zero-order valence-corrected chi connectivity index (χ0v) is 13.4. The Bertz CT molecular complexity index is 539. The summed E-state index contributed by atoms with van der Waals surface area (Å²) in [6.45, 7) is 6.12. The summed E-state index contributed by atoms with van der Waals surface area (Å²) in [5.74, 6) is -0.202. The number of hydrogen-bond donors (Lipinski definition) is 2. The lowest BCUT2D eigenvalue weighted by Gasteiger charge is -2.31. The van der Waals surface area contributed by atoms with Crippen LogP contribution in [-0.2, 0) is 0 Å². The van der Waals surface area contributed by atoms with Gasteiger partial charge in [-0.25, -0.2) is 0 Å². The Balaban J connectivity index is 3.02. The number of nitrogens with one attached hydrogen (secondary N) is 1. The maximum atomic E-state index is 11.4. The third kappa shape index (κ3) is 4.27. The van der Waals surface area contributed by atoms with E-state index in [0.717, 1.165) is 12.8 Å². The largest absolute Gasteiger partial charge is 0.396 e. The minimum Gasteiger partial charge on any atom is -0.396 e. The minimum absolute atomic E-state index is 0.0920. The molecule has 0 saturated carbocycles. The molecule has 2 N–H and O–H groups in total. The number of anilines is 1. The van der Waals surface area contributed by atoms with E-state index in [9.17, 15) is 20.0 Å². The Kier molecular flexibility index (Phi) is 6.49. The molecule has 0 aliphatic carbocycles. The highest BCUT2D eigenvalue weighted by Crippen LogP contribution is 2.33. The molecule has 0 saturated heterocycles. The molecule has 0 unspecified atom stereocenters. The third-order valence-electron chi connectivity index (χ3n) is 4.40. The molecule has 0 spiro atoms. The summed E-state index contributed by atoms with van der Waals surface area (Å²) in [4.78, 5) is 22.1. The van der Waals surface area contributed by atoms with Crippen LogP contribution >= 0.6 is 0 Å². The van der Waals surface area contributed by atoms with E-state index in [2.05, 4.69) is 5.32 Å². The van der Waals surface area contributed by atoms with Crippen molar-refractivity contribution in [1.29, 1.82) is 0 Å². The van der Waals surface area contributed by atoms with Gasteiger partial charge in [-0.3, -0.25) is 14.9 Å². The molecule has 0 bridgehead atoms. The van der Waals surface area contributed by atoms with E-state index in [0.29, 0.717) is 24.2 Å². The van der Waals surface area contributed by atoms with Crippen LogP contribution in [0.4, 0.5) is 11.4 Å². The number of ketones is 1. The van der Waals surface area contributed by atoms with E-state index in [4.69, 9.17) is 0 Å². The predicted molar refractivity (Wildman–Crippen MR) is 86.3 cm³/mol. The van der Waals surface area contributed by atoms with Gasteiger partial charge in [0.2, 0.25) is 0 Å². The minimum atomic E-state index is -0.486. The lowest BCUT2D eigenvalue weighted by molar-refractivity contribution is -0.384. The topological polar surface area (TPSA) is 92.5 Å². The van der Waals surface area contributed by atoms with Crippen LogP contribution in [0.5, 0.6) is 0 Å². The highest BCUT2D eigenvalue weighted by Gasteiger charge is 2.26. The molecule has 0 aliphatic rings. The van der Waals surface area contributed by atoms with Gasteiger partial charge in [-0.1, -0.05) is 13.8 Å². The van der Waals surface area contributed by atoms with Crippen molar-refractivity contribution in [3.8, 4) is 0 Å². The van der Waals surface area contributed by atoms with Crippen LogP contribution in [-0.4, -0.2) is 29.0 Å². The highest BCUT2D eigenvalue weighted by molar-refractivity contribution is 5.95. The molecule has 1 aromatic rings. The van der Waals surface area contributed by atoms with E-state index in [1.54, 1.807) is 12.1 Å². The van der Waals surface area contributed by atoms with Crippen molar-refractivity contribution in [1.82, 2.24) is 0 Å². The standard InChI is InChI=1S/C16H24N2O4/c1-4-16(5-2,8-9-19)11-17-14-7-6-13(12(3)20)10-15(14)18(21)22/h6-7,10,17,19H,4-5,8-9,11H2,1-3H3. The molecule has 1 aromatic carbocycles. The zero-order chi connectivity index (χ0) is 16.8. The van der Waals surface area contributed by atoms with Crippen LogP contribution in [0.1, 0.15) is 50.4 Å². The Hall–Kier alpha value is -1.95. The summed E-state index contributed by atoms with van der Waals surface area (Å²) >= 11 is 0. The van der Waals surface area contributed by atoms with Crippen LogP contribution in [0.15, 0.2) is 18.2 Å². The molecule has 0 aliphatic heterocycles. The number of hydrogen-bond acceptors (Lipinski definition) is 5. The molecule has 122 valence electrons. The molecule has 6 nitrogen and oxygen atoms in total. The number of Topliss-reactive ketones (excluding diaryl/α,β-unsaturated/α-hetero) is 1. The molecule has 22 heavy (non-hydrogen) atoms. The number of nitro groups is 1. The van der Waals surface area contributed by atoms with E-state index in [1.165, 1.54) is 13.0 Å². The van der Waals surface area contributed by atoms with Gasteiger partial charge in [0.15, 0.2) is 5.78 Å². The first-order chi connectivity index (χ1) is 10.4. The Morgan fingerprint density at radius 2 is 2.00 bits per heavy atom. The fraction of sp³-hybridized carbons (Fsp3) is 0.562. The van der Waals surface area contributed by atoms with Crippen molar-refractivity contribution in [2.75, 3.05) is 18.5 Å². The van der Waals surface area contributed by atoms with Gasteiger partial charge in [0.1, 0.15) is 5.69 Å². The summed E-state index contributed by atoms with van der Waals surface area (Å²) in [6.07, 6.45) is 2.39. The molecule has 1 rings (SSSR count). The van der Waals surface area contributed by atoms with Gasteiger partial charge in [-0.2, -0.15) is 0 Å². The van der Waals surface area contributed by atoms with Crippen molar-refractivity contribution in [2.45, 2.75) is 40.0 Å². The lowest BCUT2D eigenvalue weighted by atomic mass is 9.79. The van der Waals surface area contributed by atoms with Crippen LogP contribution in [0, 0.1) is 15.5 Å². The van der Waals surface area contributed by atoms with Crippen molar-refractivity contribution in [3.63, 3.8) is 0 Å². The van der Waals surface area contributed by atoms with Crippen LogP contribution in [0.3, 0.4) is 0 Å². The first kappa shape index (κ1) is 18.1. The van der Waals surface area contributed by atoms with Gasteiger partial charge in [-0.05, 0) is 43.7 Å². The van der Waals surface area contributed by atoms with Crippen LogP contribution in [0.25, 0.3) is 0 Å². The molecule has 0 atom stereocenters. The average molecular weight is 308 g/mol. The maximum absolute atomic E-state index is 11.4. The monoisotopic (exact) mass is 308 g/mol. The molecular formula is C16H24N2O4. The Morgan fingerprint density at radius 3 is 2.45 bits per heavy atom. The molecule has 0 heterocycles. The number of aliphatic hydroxyl groups excluding tert-OH is 1. The summed E-state index contributed by atoms with van der Waals surface area (Å²) in [5, 5.41) is 23.6. The maximum Gasteiger partial charge on any atom is 0.293 e. The van der Waals surface area contributed by atoms with Crippen molar-refractivity contribution >= 4 is 17.2 Å². The number of nitrogens with zero attached hydrogens (tertiary/aromatic N) is 1. The van der Waals surface area contributed by atoms with Gasteiger partial charge in [-0.15, -0.1) is 0 Å². The number of benzene rings is 1. The quantitative estimate of drug-likeness (QED) is 0.414. The van der Waals surface area contributed by atoms with Crippen molar-refractivity contribution in [3.05, 3.63) is 33.9 Å². The van der Waals surface area contributed by atoms with Gasteiger partial charge < -0.3 is 10.4 Å². The second kappa shape index (κ2) is 7.89. The number of carbonyl (C=O) groups excluding carboxylic acids is 1. The molecule has 6 heteroatoms. The third-order valence-corrected chi connectivity index (χ3v) is 4.40. The molecule has 0 amide bonds. The van der Waals surface area contributed by atoms with Crippen LogP contribution in [0.2, 0.25) is 0 Å². The first-order valence-electron chi connectivity index (χ1n) is 7.53. The summed E-state index contributed by atoms with van der Waals surface area (Å²) in [6, 6.07) is 4.46. The second-order valence-corrected chi connectivity index (χ2v) is 5.58. The summed E-state index contributed by atoms with van der Waals surface area (Å²) in [5.41, 5.74) is 0.531. The van der Waals surface area contributed by atoms with Crippen LogP contribution < -0.4 is 5.32 Å². The number of rotatable bonds is 9. The summed E-state index contributed by atoms with van der Waals surface area (Å²) < 4.78 is 0. The van der Waals surface area contributed by atoms with Gasteiger partial charge in [0, 0.05) is 24.8 Å². The average Bonchev–Trinajstić information content (AvgIpc) is 2.51. The number of nitro benzene ring substituents is 1. The Labute approximate surface area is 130 Å². The van der Waals surface area contributed by atoms with Crippen molar-refractivity contribution < 1.29 is 14.8 Å². The molecule has 0 fully saturated rings. The molecular weight excluding hydrogens is 284 g/mol. The van der Waals surface area contributed by atoms with E-state index in [1.807, 2.05) is 13.8 Å². The molecule has 0 aromatic heterocycles. The smallest absolute Gasteiger partial charge is 0.293 e. The van der Waals surface area contributed by atoms with Crippen molar-refractivity contribution in [2.24, 2.45) is 5.41 Å². The highest BCUT2D eigenvalue weighted by atomic mass is 16.6. The van der Waals surface area contributed by atoms with Gasteiger partial charge in [0.25, 0.3) is 5.69 Å². The normalized spacial score (nSPS) is 11.3. The molecule has 0 radical (unpaired) electrons.